The molecule has 2 aliphatic rings. The molecule has 26 heavy (non-hydrogen) atoms. The van der Waals surface area contributed by atoms with Crippen molar-refractivity contribution in [2.24, 2.45) is 0 Å². The SMILES string of the molecule is N#CC1(c2ccc(-c3ccc(N4C[C@H](CO)OC4=O)cc3F)cn2)CC1. The van der Waals surface area contributed by atoms with Crippen LogP contribution in [0.25, 0.3) is 11.1 Å². The molecule has 6 nitrogen and oxygen atoms in total. The number of carbonyl (C=O) groups excluding carboxylic acids is 1. The first-order valence-corrected chi connectivity index (χ1v) is 8.33. The average molecular weight is 353 g/mol. The number of aliphatic hydroxyl groups excluding tert-OH is 1. The lowest BCUT2D eigenvalue weighted by atomic mass is 10.0. The van der Waals surface area contributed by atoms with Gasteiger partial charge in [0, 0.05) is 17.3 Å². The number of hydrogen-bond donors (Lipinski definition) is 1. The summed E-state index contributed by atoms with van der Waals surface area (Å²) >= 11 is 0. The third kappa shape index (κ3) is 2.68. The lowest BCUT2D eigenvalue weighted by Gasteiger charge is -2.14. The summed E-state index contributed by atoms with van der Waals surface area (Å²) < 4.78 is 19.6. The van der Waals surface area contributed by atoms with Crippen LogP contribution in [0.5, 0.6) is 0 Å². The molecule has 1 aliphatic heterocycles. The number of cyclic esters (lactones) is 1. The molecule has 4 rings (SSSR count). The van der Waals surface area contributed by atoms with Crippen LogP contribution < -0.4 is 4.90 Å². The van der Waals surface area contributed by atoms with Gasteiger partial charge in [-0.1, -0.05) is 6.07 Å². The van der Waals surface area contributed by atoms with Gasteiger partial charge >= 0.3 is 6.09 Å². The molecule has 2 heterocycles. The molecule has 1 aromatic heterocycles. The Bertz CT molecular complexity index is 903. The average Bonchev–Trinajstić information content (AvgIpc) is 3.37. The van der Waals surface area contributed by atoms with Crippen LogP contribution in [0.15, 0.2) is 36.5 Å². The maximum Gasteiger partial charge on any atom is 0.414 e. The maximum atomic E-state index is 14.6. The van der Waals surface area contributed by atoms with Crippen molar-refractivity contribution in [1.29, 1.82) is 5.26 Å². The molecule has 2 fully saturated rings. The minimum atomic E-state index is -0.603. The fourth-order valence-electron chi connectivity index (χ4n) is 3.12. The van der Waals surface area contributed by atoms with Gasteiger partial charge < -0.3 is 9.84 Å². The van der Waals surface area contributed by atoms with Crippen LogP contribution in [0.2, 0.25) is 0 Å². The Kier molecular flexibility index (Phi) is 3.85. The van der Waals surface area contributed by atoms with Gasteiger partial charge in [-0.15, -0.1) is 0 Å². The molecule has 1 aliphatic carbocycles. The van der Waals surface area contributed by atoms with E-state index >= 15 is 0 Å². The second-order valence-electron chi connectivity index (χ2n) is 6.59. The van der Waals surface area contributed by atoms with Crippen LogP contribution >= 0.6 is 0 Å². The van der Waals surface area contributed by atoms with Gasteiger partial charge in [-0.05, 0) is 37.1 Å². The summed E-state index contributed by atoms with van der Waals surface area (Å²) in [7, 11) is 0. The van der Waals surface area contributed by atoms with Crippen molar-refractivity contribution in [3.63, 3.8) is 0 Å². The highest BCUT2D eigenvalue weighted by atomic mass is 19.1. The van der Waals surface area contributed by atoms with Gasteiger partial charge in [0.25, 0.3) is 0 Å². The summed E-state index contributed by atoms with van der Waals surface area (Å²) in [6, 6.07) is 10.3. The summed E-state index contributed by atoms with van der Waals surface area (Å²) in [6.07, 6.45) is 1.97. The molecule has 0 radical (unpaired) electrons. The molecule has 0 unspecified atom stereocenters. The number of hydrogen-bond acceptors (Lipinski definition) is 5. The van der Waals surface area contributed by atoms with Crippen molar-refractivity contribution < 1.29 is 19.0 Å². The highest BCUT2D eigenvalue weighted by Gasteiger charge is 2.46. The van der Waals surface area contributed by atoms with Crippen LogP contribution in [0.3, 0.4) is 0 Å². The van der Waals surface area contributed by atoms with Gasteiger partial charge in [-0.3, -0.25) is 9.88 Å². The molecular formula is C19H16FN3O3. The van der Waals surface area contributed by atoms with Crippen LogP contribution in [0.4, 0.5) is 14.9 Å². The van der Waals surface area contributed by atoms with Crippen molar-refractivity contribution in [2.45, 2.75) is 24.4 Å². The van der Waals surface area contributed by atoms with E-state index in [1.54, 1.807) is 30.5 Å². The molecule has 1 aromatic carbocycles. The Balaban J connectivity index is 1.59. The highest BCUT2D eigenvalue weighted by Crippen LogP contribution is 2.46. The number of aliphatic hydroxyl groups is 1. The first kappa shape index (κ1) is 16.5. The third-order valence-corrected chi connectivity index (χ3v) is 4.87. The van der Waals surface area contributed by atoms with Gasteiger partial charge in [-0.25, -0.2) is 9.18 Å². The Morgan fingerprint density at radius 3 is 2.73 bits per heavy atom. The van der Waals surface area contributed by atoms with Gasteiger partial charge in [0.1, 0.15) is 11.9 Å². The second kappa shape index (κ2) is 6.07. The van der Waals surface area contributed by atoms with E-state index in [-0.39, 0.29) is 13.2 Å². The van der Waals surface area contributed by atoms with E-state index in [9.17, 15) is 14.4 Å². The van der Waals surface area contributed by atoms with Crippen molar-refractivity contribution >= 4 is 11.8 Å². The van der Waals surface area contributed by atoms with Crippen molar-refractivity contribution in [3.8, 4) is 17.2 Å². The first-order chi connectivity index (χ1) is 12.6. The second-order valence-corrected chi connectivity index (χ2v) is 6.59. The van der Waals surface area contributed by atoms with Gasteiger partial charge in [-0.2, -0.15) is 5.26 Å². The monoisotopic (exact) mass is 353 g/mol. The molecule has 2 aromatic rings. The fraction of sp³-hybridized carbons (Fsp3) is 0.316. The van der Waals surface area contributed by atoms with E-state index in [0.29, 0.717) is 16.8 Å². The van der Waals surface area contributed by atoms with E-state index in [4.69, 9.17) is 9.84 Å². The van der Waals surface area contributed by atoms with Gasteiger partial charge in [0.2, 0.25) is 0 Å². The normalized spacial score (nSPS) is 20.6. The number of aromatic nitrogens is 1. The Hall–Kier alpha value is -2.98. The lowest BCUT2D eigenvalue weighted by molar-refractivity contribution is 0.0963. The molecule has 1 amide bonds. The predicted molar refractivity (Wildman–Crippen MR) is 90.9 cm³/mol. The van der Waals surface area contributed by atoms with Crippen LogP contribution in [0, 0.1) is 17.1 Å². The number of nitrogens with zero attached hydrogens (tertiary/aromatic N) is 3. The van der Waals surface area contributed by atoms with E-state index in [2.05, 4.69) is 11.1 Å². The fourth-order valence-corrected chi connectivity index (χ4v) is 3.12. The molecule has 1 saturated carbocycles. The topological polar surface area (TPSA) is 86.5 Å². The van der Waals surface area contributed by atoms with Crippen LogP contribution in [-0.2, 0) is 10.2 Å². The quantitative estimate of drug-likeness (QED) is 0.913. The minimum Gasteiger partial charge on any atom is -0.441 e. The molecule has 1 saturated heterocycles. The van der Waals surface area contributed by atoms with Crippen molar-refractivity contribution in [3.05, 3.63) is 48.0 Å². The third-order valence-electron chi connectivity index (χ3n) is 4.87. The first-order valence-electron chi connectivity index (χ1n) is 8.33. The zero-order chi connectivity index (χ0) is 18.3. The Morgan fingerprint density at radius 2 is 2.19 bits per heavy atom. The number of ether oxygens (including phenoxy) is 1. The minimum absolute atomic E-state index is 0.181. The van der Waals surface area contributed by atoms with Crippen LogP contribution in [-0.4, -0.2) is 35.4 Å². The Labute approximate surface area is 149 Å². The number of benzene rings is 1. The standard InChI is InChI=1S/C19H16FN3O3/c20-16-7-13(23-9-14(10-24)26-18(23)25)2-3-15(16)12-1-4-17(22-8-12)19(11-21)5-6-19/h1-4,7-8,14,24H,5-6,9-10H2/t14-/m1/s1. The molecule has 7 heteroatoms. The van der Waals surface area contributed by atoms with Gasteiger partial charge in [0.05, 0.1) is 36.0 Å². The summed E-state index contributed by atoms with van der Waals surface area (Å²) in [5, 5.41) is 18.3. The number of rotatable bonds is 4. The molecule has 1 N–H and O–H groups in total. The number of nitriles is 1. The molecular weight excluding hydrogens is 337 g/mol. The smallest absolute Gasteiger partial charge is 0.414 e. The van der Waals surface area contributed by atoms with Crippen LogP contribution in [0.1, 0.15) is 18.5 Å². The number of carbonyl (C=O) groups is 1. The Morgan fingerprint density at radius 1 is 1.38 bits per heavy atom. The zero-order valence-electron chi connectivity index (χ0n) is 13.9. The number of pyridine rings is 1. The van der Waals surface area contributed by atoms with E-state index < -0.39 is 23.4 Å². The summed E-state index contributed by atoms with van der Waals surface area (Å²) in [5.41, 5.74) is 1.58. The highest BCUT2D eigenvalue weighted by molar-refractivity contribution is 5.90. The number of anilines is 1. The maximum absolute atomic E-state index is 14.6. The van der Waals surface area contributed by atoms with E-state index in [0.717, 1.165) is 18.5 Å². The van der Waals surface area contributed by atoms with E-state index in [1.807, 2.05) is 0 Å². The van der Waals surface area contributed by atoms with Crippen molar-refractivity contribution in [2.75, 3.05) is 18.1 Å². The summed E-state index contributed by atoms with van der Waals surface area (Å²) in [6.45, 7) is -0.0916. The number of amides is 1. The largest absolute Gasteiger partial charge is 0.441 e. The zero-order valence-corrected chi connectivity index (χ0v) is 13.9. The lowest BCUT2D eigenvalue weighted by Crippen LogP contribution is -2.25. The predicted octanol–water partition coefficient (Wildman–Crippen LogP) is 2.76. The summed E-state index contributed by atoms with van der Waals surface area (Å²) in [4.78, 5) is 17.4. The summed E-state index contributed by atoms with van der Waals surface area (Å²) in [5.74, 6) is -0.487. The van der Waals surface area contributed by atoms with Crippen molar-refractivity contribution in [1.82, 2.24) is 4.98 Å². The van der Waals surface area contributed by atoms with Gasteiger partial charge in [0.15, 0.2) is 0 Å². The molecule has 132 valence electrons. The number of halogens is 1. The molecule has 0 bridgehead atoms. The van der Waals surface area contributed by atoms with E-state index in [1.165, 1.54) is 11.0 Å². The molecule has 0 spiro atoms. The molecule has 1 atom stereocenters.